The average molecular weight is 286 g/mol. The first kappa shape index (κ1) is 15.0. The van der Waals surface area contributed by atoms with Gasteiger partial charge in [0.05, 0.1) is 5.56 Å². The van der Waals surface area contributed by atoms with E-state index in [0.29, 0.717) is 17.9 Å². The number of anilines is 1. The van der Waals surface area contributed by atoms with E-state index in [1.165, 1.54) is 12.1 Å². The summed E-state index contributed by atoms with van der Waals surface area (Å²) >= 11 is 0. The fraction of sp³-hybridized carbons (Fsp3) is 0.250. The Morgan fingerprint density at radius 2 is 2.05 bits per heavy atom. The highest BCUT2D eigenvalue weighted by Gasteiger charge is 2.15. The molecule has 0 aliphatic heterocycles. The van der Waals surface area contributed by atoms with Crippen LogP contribution in [0.1, 0.15) is 22.4 Å². The number of nitrogen functional groups attached to an aromatic ring is 1. The summed E-state index contributed by atoms with van der Waals surface area (Å²) in [6, 6.07) is 8.34. The molecule has 2 aromatic rings. The van der Waals surface area contributed by atoms with Crippen molar-refractivity contribution in [1.29, 1.82) is 5.41 Å². The van der Waals surface area contributed by atoms with Crippen molar-refractivity contribution < 1.29 is 4.39 Å². The summed E-state index contributed by atoms with van der Waals surface area (Å²) < 4.78 is 13.3. The van der Waals surface area contributed by atoms with E-state index in [9.17, 15) is 4.39 Å². The normalized spacial score (nSPS) is 10.5. The maximum absolute atomic E-state index is 13.3. The molecule has 0 unspecified atom stereocenters. The number of aryl methyl sites for hydroxylation is 2. The van der Waals surface area contributed by atoms with Gasteiger partial charge < -0.3 is 10.6 Å². The molecule has 4 nitrogen and oxygen atoms in total. The maximum atomic E-state index is 13.3. The van der Waals surface area contributed by atoms with Gasteiger partial charge >= 0.3 is 0 Å². The molecule has 0 aliphatic carbocycles. The Morgan fingerprint density at radius 3 is 2.67 bits per heavy atom. The number of aromatic nitrogens is 1. The topological polar surface area (TPSA) is 66.0 Å². The molecule has 1 aromatic carbocycles. The van der Waals surface area contributed by atoms with Crippen LogP contribution in [-0.2, 0) is 6.54 Å². The van der Waals surface area contributed by atoms with Gasteiger partial charge in [-0.05, 0) is 43.2 Å². The summed E-state index contributed by atoms with van der Waals surface area (Å²) in [5, 5.41) is 7.75. The van der Waals surface area contributed by atoms with Crippen LogP contribution in [0.15, 0.2) is 30.3 Å². The van der Waals surface area contributed by atoms with Crippen molar-refractivity contribution in [3.05, 3.63) is 58.5 Å². The summed E-state index contributed by atoms with van der Waals surface area (Å²) in [6.07, 6.45) is 0. The Morgan fingerprint density at radius 1 is 1.33 bits per heavy atom. The number of halogens is 1. The van der Waals surface area contributed by atoms with E-state index in [2.05, 4.69) is 4.98 Å². The Kier molecular flexibility index (Phi) is 4.21. The van der Waals surface area contributed by atoms with Crippen LogP contribution in [0, 0.1) is 25.1 Å². The standard InChI is InChI=1S/C16H19FN4/c1-10-7-11(2)20-16(14(10)15(18)19)21(3)9-12-5-4-6-13(17)8-12/h4-8H,9H2,1-3H3,(H3,18,19). The summed E-state index contributed by atoms with van der Waals surface area (Å²) in [4.78, 5) is 6.37. The molecule has 0 aliphatic rings. The molecular weight excluding hydrogens is 267 g/mol. The zero-order chi connectivity index (χ0) is 15.6. The third-order valence-corrected chi connectivity index (χ3v) is 3.27. The van der Waals surface area contributed by atoms with E-state index in [-0.39, 0.29) is 11.7 Å². The van der Waals surface area contributed by atoms with Crippen LogP contribution in [0.3, 0.4) is 0 Å². The Labute approximate surface area is 123 Å². The van der Waals surface area contributed by atoms with Crippen LogP contribution in [0.2, 0.25) is 0 Å². The third-order valence-electron chi connectivity index (χ3n) is 3.27. The number of benzene rings is 1. The largest absolute Gasteiger partial charge is 0.384 e. The first-order valence-corrected chi connectivity index (χ1v) is 6.66. The predicted octanol–water partition coefficient (Wildman–Crippen LogP) is 2.76. The minimum atomic E-state index is -0.263. The van der Waals surface area contributed by atoms with Crippen LogP contribution < -0.4 is 10.6 Å². The number of amidine groups is 1. The van der Waals surface area contributed by atoms with Gasteiger partial charge in [-0.1, -0.05) is 12.1 Å². The van der Waals surface area contributed by atoms with Crippen LogP contribution in [0.4, 0.5) is 10.2 Å². The number of rotatable bonds is 4. The van der Waals surface area contributed by atoms with Crippen molar-refractivity contribution >= 4 is 11.7 Å². The molecule has 3 N–H and O–H groups in total. The molecule has 110 valence electrons. The molecule has 1 aromatic heterocycles. The second kappa shape index (κ2) is 5.91. The second-order valence-corrected chi connectivity index (χ2v) is 5.18. The highest BCUT2D eigenvalue weighted by Crippen LogP contribution is 2.22. The molecule has 5 heteroatoms. The monoisotopic (exact) mass is 286 g/mol. The summed E-state index contributed by atoms with van der Waals surface area (Å²) in [7, 11) is 1.86. The van der Waals surface area contributed by atoms with E-state index in [0.717, 1.165) is 16.8 Å². The Bertz CT molecular complexity index is 682. The van der Waals surface area contributed by atoms with Gasteiger partial charge in [-0.3, -0.25) is 5.41 Å². The lowest BCUT2D eigenvalue weighted by Crippen LogP contribution is -2.24. The van der Waals surface area contributed by atoms with Crippen LogP contribution >= 0.6 is 0 Å². The first-order chi connectivity index (χ1) is 9.88. The number of hydrogen-bond acceptors (Lipinski definition) is 3. The number of nitrogens with two attached hydrogens (primary N) is 1. The lowest BCUT2D eigenvalue weighted by atomic mass is 10.1. The molecule has 0 atom stereocenters. The minimum absolute atomic E-state index is 0.0129. The molecular formula is C16H19FN4. The van der Waals surface area contributed by atoms with Crippen molar-refractivity contribution in [2.45, 2.75) is 20.4 Å². The molecule has 0 spiro atoms. The highest BCUT2D eigenvalue weighted by molar-refractivity contribution is 6.01. The molecule has 0 saturated heterocycles. The first-order valence-electron chi connectivity index (χ1n) is 6.66. The second-order valence-electron chi connectivity index (χ2n) is 5.18. The number of nitrogens with zero attached hydrogens (tertiary/aromatic N) is 2. The summed E-state index contributed by atoms with van der Waals surface area (Å²) in [5.74, 6) is 0.367. The van der Waals surface area contributed by atoms with E-state index < -0.39 is 0 Å². The van der Waals surface area contributed by atoms with E-state index in [1.54, 1.807) is 6.07 Å². The molecule has 2 rings (SSSR count). The molecule has 1 heterocycles. The van der Waals surface area contributed by atoms with Gasteiger partial charge in [0.25, 0.3) is 0 Å². The minimum Gasteiger partial charge on any atom is -0.384 e. The van der Waals surface area contributed by atoms with Crippen molar-refractivity contribution in [1.82, 2.24) is 4.98 Å². The van der Waals surface area contributed by atoms with Crippen LogP contribution in [0.25, 0.3) is 0 Å². The van der Waals surface area contributed by atoms with E-state index >= 15 is 0 Å². The lowest BCUT2D eigenvalue weighted by molar-refractivity contribution is 0.625. The van der Waals surface area contributed by atoms with Gasteiger partial charge in [0.15, 0.2) is 0 Å². The summed E-state index contributed by atoms with van der Waals surface area (Å²) in [5.41, 5.74) is 8.92. The maximum Gasteiger partial charge on any atom is 0.140 e. The van der Waals surface area contributed by atoms with Crippen molar-refractivity contribution in [2.24, 2.45) is 5.73 Å². The number of nitrogens with one attached hydrogen (secondary N) is 1. The van der Waals surface area contributed by atoms with E-state index in [4.69, 9.17) is 11.1 Å². The SMILES string of the molecule is Cc1cc(C)c(C(=N)N)c(N(C)Cc2cccc(F)c2)n1. The van der Waals surface area contributed by atoms with Gasteiger partial charge in [-0.15, -0.1) is 0 Å². The van der Waals surface area contributed by atoms with E-state index in [1.807, 2.05) is 37.9 Å². The fourth-order valence-electron chi connectivity index (χ4n) is 2.41. The molecule has 0 radical (unpaired) electrons. The van der Waals surface area contributed by atoms with Gasteiger partial charge in [0.2, 0.25) is 0 Å². The molecule has 0 saturated carbocycles. The highest BCUT2D eigenvalue weighted by atomic mass is 19.1. The lowest BCUT2D eigenvalue weighted by Gasteiger charge is -2.22. The van der Waals surface area contributed by atoms with Gasteiger partial charge in [-0.2, -0.15) is 0 Å². The smallest absolute Gasteiger partial charge is 0.140 e. The number of hydrogen-bond donors (Lipinski definition) is 2. The number of pyridine rings is 1. The van der Waals surface area contributed by atoms with Crippen molar-refractivity contribution in [3.8, 4) is 0 Å². The van der Waals surface area contributed by atoms with Crippen molar-refractivity contribution in [3.63, 3.8) is 0 Å². The predicted molar refractivity (Wildman–Crippen MR) is 83.2 cm³/mol. The molecule has 21 heavy (non-hydrogen) atoms. The average Bonchev–Trinajstić information content (AvgIpc) is 2.37. The zero-order valence-corrected chi connectivity index (χ0v) is 12.4. The third kappa shape index (κ3) is 3.37. The summed E-state index contributed by atoms with van der Waals surface area (Å²) in [6.45, 7) is 4.30. The fourth-order valence-corrected chi connectivity index (χ4v) is 2.41. The van der Waals surface area contributed by atoms with Gasteiger partial charge in [0, 0.05) is 19.3 Å². The van der Waals surface area contributed by atoms with Crippen LogP contribution in [0.5, 0.6) is 0 Å². The van der Waals surface area contributed by atoms with Crippen LogP contribution in [-0.4, -0.2) is 17.9 Å². The molecule has 0 bridgehead atoms. The van der Waals surface area contributed by atoms with Gasteiger partial charge in [-0.25, -0.2) is 9.37 Å². The zero-order valence-electron chi connectivity index (χ0n) is 12.4. The Balaban J connectivity index is 2.39. The molecule has 0 amide bonds. The van der Waals surface area contributed by atoms with Crippen molar-refractivity contribution in [2.75, 3.05) is 11.9 Å². The molecule has 0 fully saturated rings. The van der Waals surface area contributed by atoms with Gasteiger partial charge in [0.1, 0.15) is 17.5 Å². The Hall–Kier alpha value is -2.43. The quantitative estimate of drug-likeness (QED) is 0.671.